The van der Waals surface area contributed by atoms with Crippen LogP contribution in [0.1, 0.15) is 5.56 Å². The number of benzene rings is 1. The van der Waals surface area contributed by atoms with Crippen molar-refractivity contribution in [3.63, 3.8) is 0 Å². The molecule has 1 rings (SSSR count). The lowest BCUT2D eigenvalue weighted by Gasteiger charge is -2.12. The van der Waals surface area contributed by atoms with Crippen LogP contribution in [0.5, 0.6) is 11.5 Å². The van der Waals surface area contributed by atoms with Crippen LogP contribution in [0.25, 0.3) is 0 Å². The Balaban J connectivity index is 2.57. The van der Waals surface area contributed by atoms with Crippen molar-refractivity contribution in [3.8, 4) is 11.5 Å². The number of carboxylic acids is 1. The van der Waals surface area contributed by atoms with Gasteiger partial charge < -0.3 is 19.9 Å². The fourth-order valence-corrected chi connectivity index (χ4v) is 2.55. The molecule has 0 bridgehead atoms. The van der Waals surface area contributed by atoms with Gasteiger partial charge in [-0.3, -0.25) is 4.79 Å². The molecular formula is C13H17NO5S. The van der Waals surface area contributed by atoms with E-state index in [4.69, 9.17) is 14.6 Å². The summed E-state index contributed by atoms with van der Waals surface area (Å²) in [4.78, 5) is 21.1. The van der Waals surface area contributed by atoms with E-state index in [1.165, 1.54) is 11.8 Å². The van der Waals surface area contributed by atoms with Gasteiger partial charge in [0.1, 0.15) is 6.04 Å². The second kappa shape index (κ2) is 8.31. The van der Waals surface area contributed by atoms with Crippen molar-refractivity contribution in [1.82, 2.24) is 5.32 Å². The second-order valence-electron chi connectivity index (χ2n) is 3.88. The predicted octanol–water partition coefficient (Wildman–Crippen LogP) is 1.14. The number of carboxylic acid groups (broad SMARTS) is 1. The molecule has 0 aromatic heterocycles. The van der Waals surface area contributed by atoms with Crippen molar-refractivity contribution in [1.29, 1.82) is 0 Å². The summed E-state index contributed by atoms with van der Waals surface area (Å²) in [5.74, 6) is 1.14. The Labute approximate surface area is 121 Å². The molecule has 0 aliphatic carbocycles. The Morgan fingerprint density at radius 3 is 2.65 bits per heavy atom. The van der Waals surface area contributed by atoms with Crippen molar-refractivity contribution >= 4 is 24.1 Å². The van der Waals surface area contributed by atoms with Crippen LogP contribution in [0.15, 0.2) is 18.2 Å². The van der Waals surface area contributed by atoms with Gasteiger partial charge >= 0.3 is 5.97 Å². The lowest BCUT2D eigenvalue weighted by molar-refractivity contribution is -0.139. The van der Waals surface area contributed by atoms with Gasteiger partial charge in [-0.15, -0.1) is 0 Å². The van der Waals surface area contributed by atoms with Crippen LogP contribution < -0.4 is 14.8 Å². The van der Waals surface area contributed by atoms with E-state index in [0.717, 1.165) is 5.56 Å². The summed E-state index contributed by atoms with van der Waals surface area (Å²) in [5, 5.41) is 11.1. The van der Waals surface area contributed by atoms with Gasteiger partial charge in [0.05, 0.1) is 14.2 Å². The summed E-state index contributed by atoms with van der Waals surface area (Å²) in [6.07, 6.45) is 0.399. The van der Waals surface area contributed by atoms with Crippen LogP contribution in [0.3, 0.4) is 0 Å². The second-order valence-corrected chi connectivity index (χ2v) is 4.91. The molecule has 20 heavy (non-hydrogen) atoms. The fourth-order valence-electron chi connectivity index (χ4n) is 1.54. The van der Waals surface area contributed by atoms with Gasteiger partial charge in [-0.05, 0) is 17.7 Å². The van der Waals surface area contributed by atoms with Crippen molar-refractivity contribution in [2.45, 2.75) is 11.8 Å². The molecule has 7 heteroatoms. The van der Waals surface area contributed by atoms with E-state index >= 15 is 0 Å². The number of aliphatic carboxylic acids is 1. The minimum atomic E-state index is -1.04. The molecular weight excluding hydrogens is 282 g/mol. The number of thioether (sulfide) groups is 1. The largest absolute Gasteiger partial charge is 0.493 e. The molecule has 1 aromatic rings. The molecule has 0 saturated heterocycles. The number of ether oxygens (including phenoxy) is 2. The Hall–Kier alpha value is -1.89. The Morgan fingerprint density at radius 1 is 1.40 bits per heavy atom. The molecule has 0 spiro atoms. The first kappa shape index (κ1) is 16.2. The third kappa shape index (κ3) is 4.65. The Kier molecular flexibility index (Phi) is 6.72. The topological polar surface area (TPSA) is 84.9 Å². The van der Waals surface area contributed by atoms with Crippen LogP contribution in [0, 0.1) is 0 Å². The summed E-state index contributed by atoms with van der Waals surface area (Å²) >= 11 is 1.42. The van der Waals surface area contributed by atoms with Crippen LogP contribution in [-0.2, 0) is 15.3 Å². The summed E-state index contributed by atoms with van der Waals surface area (Å²) in [6.45, 7) is 0. The molecule has 110 valence electrons. The van der Waals surface area contributed by atoms with Gasteiger partial charge in [0.2, 0.25) is 6.41 Å². The van der Waals surface area contributed by atoms with E-state index < -0.39 is 12.0 Å². The molecule has 0 fully saturated rings. The zero-order valence-electron chi connectivity index (χ0n) is 11.3. The van der Waals surface area contributed by atoms with Crippen molar-refractivity contribution < 1.29 is 24.2 Å². The zero-order valence-corrected chi connectivity index (χ0v) is 12.1. The third-order valence-corrected chi connectivity index (χ3v) is 3.68. The summed E-state index contributed by atoms with van der Waals surface area (Å²) < 4.78 is 10.3. The number of carbonyl (C=O) groups excluding carboxylic acids is 1. The van der Waals surface area contributed by atoms with Crippen LogP contribution >= 0.6 is 11.8 Å². The SMILES string of the molecule is COc1ccc(CSCC(NC=O)C(=O)O)cc1OC. The van der Waals surface area contributed by atoms with Gasteiger partial charge in [0.25, 0.3) is 0 Å². The number of carbonyl (C=O) groups is 2. The summed E-state index contributed by atoms with van der Waals surface area (Å²) in [6, 6.07) is 4.65. The van der Waals surface area contributed by atoms with Gasteiger partial charge in [-0.2, -0.15) is 11.8 Å². The first-order chi connectivity index (χ1) is 9.62. The average molecular weight is 299 g/mol. The molecule has 1 amide bonds. The minimum Gasteiger partial charge on any atom is -0.493 e. The highest BCUT2D eigenvalue weighted by atomic mass is 32.2. The fraction of sp³-hybridized carbons (Fsp3) is 0.385. The van der Waals surface area contributed by atoms with Gasteiger partial charge in [0.15, 0.2) is 11.5 Å². The van der Waals surface area contributed by atoms with Crippen molar-refractivity contribution in [3.05, 3.63) is 23.8 Å². The molecule has 6 nitrogen and oxygen atoms in total. The Morgan fingerprint density at radius 2 is 2.10 bits per heavy atom. The van der Waals surface area contributed by atoms with Gasteiger partial charge in [-0.25, -0.2) is 4.79 Å². The molecule has 2 N–H and O–H groups in total. The molecule has 0 aliphatic heterocycles. The predicted molar refractivity (Wildman–Crippen MR) is 76.3 cm³/mol. The maximum Gasteiger partial charge on any atom is 0.327 e. The number of nitrogens with one attached hydrogen (secondary N) is 1. The summed E-state index contributed by atoms with van der Waals surface area (Å²) in [7, 11) is 3.12. The lowest BCUT2D eigenvalue weighted by atomic mass is 10.2. The highest BCUT2D eigenvalue weighted by Gasteiger charge is 2.16. The molecule has 0 saturated carbocycles. The minimum absolute atomic E-state index is 0.294. The third-order valence-electron chi connectivity index (χ3n) is 2.57. The molecule has 1 aromatic carbocycles. The quantitative estimate of drug-likeness (QED) is 0.665. The number of rotatable bonds is 9. The van der Waals surface area contributed by atoms with Crippen molar-refractivity contribution in [2.75, 3.05) is 20.0 Å². The molecule has 0 radical (unpaired) electrons. The zero-order chi connectivity index (χ0) is 15.0. The molecule has 0 heterocycles. The lowest BCUT2D eigenvalue weighted by Crippen LogP contribution is -2.37. The molecule has 0 aliphatic rings. The highest BCUT2D eigenvalue weighted by molar-refractivity contribution is 7.98. The van der Waals surface area contributed by atoms with E-state index in [0.29, 0.717) is 29.4 Å². The van der Waals surface area contributed by atoms with E-state index in [1.807, 2.05) is 12.1 Å². The maximum absolute atomic E-state index is 10.8. The normalized spacial score (nSPS) is 11.5. The average Bonchev–Trinajstić information content (AvgIpc) is 2.45. The first-order valence-corrected chi connectivity index (χ1v) is 6.99. The van der Waals surface area contributed by atoms with Gasteiger partial charge in [-0.1, -0.05) is 6.07 Å². The molecule has 1 unspecified atom stereocenters. The standard InChI is InChI=1S/C13H17NO5S/c1-18-11-4-3-9(5-12(11)19-2)6-20-7-10(13(16)17)14-8-15/h3-5,8,10H,6-7H2,1-2H3,(H,14,15)(H,16,17). The number of hydrogen-bond donors (Lipinski definition) is 2. The first-order valence-electron chi connectivity index (χ1n) is 5.83. The van der Waals surface area contributed by atoms with Crippen LogP contribution in [0.4, 0.5) is 0 Å². The summed E-state index contributed by atoms with van der Waals surface area (Å²) in [5.41, 5.74) is 0.989. The number of amides is 1. The van der Waals surface area contributed by atoms with E-state index in [-0.39, 0.29) is 0 Å². The van der Waals surface area contributed by atoms with Crippen LogP contribution in [0.2, 0.25) is 0 Å². The van der Waals surface area contributed by atoms with Gasteiger partial charge in [0, 0.05) is 11.5 Å². The number of hydrogen-bond acceptors (Lipinski definition) is 5. The van der Waals surface area contributed by atoms with Crippen LogP contribution in [-0.4, -0.2) is 43.5 Å². The number of methoxy groups -OCH3 is 2. The van der Waals surface area contributed by atoms with E-state index in [2.05, 4.69) is 5.32 Å². The van der Waals surface area contributed by atoms with Crippen molar-refractivity contribution in [2.24, 2.45) is 0 Å². The maximum atomic E-state index is 10.8. The molecule has 1 atom stereocenters. The monoisotopic (exact) mass is 299 g/mol. The van der Waals surface area contributed by atoms with E-state index in [9.17, 15) is 9.59 Å². The van der Waals surface area contributed by atoms with E-state index in [1.54, 1.807) is 20.3 Å². The smallest absolute Gasteiger partial charge is 0.327 e. The Bertz CT molecular complexity index is 466. The highest BCUT2D eigenvalue weighted by Crippen LogP contribution is 2.29.